The Morgan fingerprint density at radius 2 is 0.973 bits per heavy atom. The van der Waals surface area contributed by atoms with Gasteiger partial charge in [0, 0.05) is 44.4 Å². The Morgan fingerprint density at radius 1 is 0.405 bits per heavy atom. The minimum atomic E-state index is -0.680. The molecule has 0 saturated heterocycles. The molecule has 1 aliphatic heterocycles. The SMILES string of the molecule is CC1(C)c2ccccc2-c2ccc(N(c3ccc4c(c3)C3(c5ccccc5-c5ccc(-n6c7ccccc7c7ccccc76)cc53)c3ccc5c(c3-4)Sc3ccccc3O5)c3ccccc3-c3ccccc3)cc21. The fraction of sp³-hybridized carbons (Fsp3) is 0.0571. The molecule has 12 aromatic rings. The topological polar surface area (TPSA) is 17.4 Å². The second-order valence-corrected chi connectivity index (χ2v) is 21.8. The zero-order valence-electron chi connectivity index (χ0n) is 40.8. The largest absolute Gasteiger partial charge is 0.455 e. The van der Waals surface area contributed by atoms with Crippen LogP contribution in [0.25, 0.3) is 72.0 Å². The fourth-order valence-corrected chi connectivity index (χ4v) is 14.6. The van der Waals surface area contributed by atoms with E-state index in [-0.39, 0.29) is 5.41 Å². The van der Waals surface area contributed by atoms with Gasteiger partial charge in [-0.05, 0) is 140 Å². The second kappa shape index (κ2) is 15.3. The van der Waals surface area contributed by atoms with Crippen LogP contribution in [0, 0.1) is 0 Å². The molecule has 0 fully saturated rings. The summed E-state index contributed by atoms with van der Waals surface area (Å²) in [5, 5.41) is 2.50. The molecule has 11 aromatic carbocycles. The highest BCUT2D eigenvalue weighted by atomic mass is 32.2. The maximum absolute atomic E-state index is 6.83. The van der Waals surface area contributed by atoms with Gasteiger partial charge in [0.25, 0.3) is 0 Å². The molecule has 1 aromatic heterocycles. The number of fused-ring (bicyclic) bond motifs is 19. The van der Waals surface area contributed by atoms with Gasteiger partial charge in [0.2, 0.25) is 0 Å². The molecule has 74 heavy (non-hydrogen) atoms. The number of ether oxygens (including phenoxy) is 1. The molecule has 4 aliphatic rings. The lowest BCUT2D eigenvalue weighted by Gasteiger charge is -2.33. The Labute approximate surface area is 434 Å². The summed E-state index contributed by atoms with van der Waals surface area (Å²) in [6, 6.07) is 90.4. The summed E-state index contributed by atoms with van der Waals surface area (Å²) in [4.78, 5) is 4.81. The first-order valence-electron chi connectivity index (χ1n) is 25.7. The molecule has 16 rings (SSSR count). The number of hydrogen-bond donors (Lipinski definition) is 0. The van der Waals surface area contributed by atoms with Gasteiger partial charge in [0.1, 0.15) is 11.5 Å². The molecule has 1 spiro atoms. The smallest absolute Gasteiger partial charge is 0.142 e. The molecule has 0 N–H and O–H groups in total. The number of rotatable bonds is 5. The van der Waals surface area contributed by atoms with Gasteiger partial charge in [0.15, 0.2) is 0 Å². The highest BCUT2D eigenvalue weighted by Crippen LogP contribution is 2.67. The Hall–Kier alpha value is -8.83. The number of anilines is 3. The summed E-state index contributed by atoms with van der Waals surface area (Å²) in [6.45, 7) is 4.76. The molecular weight excluding hydrogens is 917 g/mol. The third-order valence-corrected chi connectivity index (χ3v) is 17.8. The molecule has 0 amide bonds. The standard InChI is InChI=1S/C70H46N2OS/c1-69(2)55-25-11-6-21-48(55)50-35-32-44(40-58(50)69)71(61-27-13-8-20-47(61)43-18-4-3-5-19-43)45-34-37-54-60(41-45)70(57-38-39-65-68(67(54)57)74-66-31-17-16-30-64(66)73-65)56-26-12-7-22-49(56)51-36-33-46(42-59(51)70)72-62-28-14-9-23-52(62)53-24-10-15-29-63(53)72/h3-42H,1-2H3. The quantitative estimate of drug-likeness (QED) is 0.171. The molecule has 1 atom stereocenters. The Morgan fingerprint density at radius 3 is 1.76 bits per heavy atom. The Balaban J connectivity index is 0.994. The summed E-state index contributed by atoms with van der Waals surface area (Å²) >= 11 is 1.83. The van der Waals surface area contributed by atoms with Crippen molar-refractivity contribution in [2.75, 3.05) is 4.90 Å². The molecule has 3 nitrogen and oxygen atoms in total. The van der Waals surface area contributed by atoms with Crippen molar-refractivity contribution >= 4 is 50.6 Å². The van der Waals surface area contributed by atoms with Crippen LogP contribution in [0.5, 0.6) is 11.5 Å². The maximum Gasteiger partial charge on any atom is 0.142 e. The van der Waals surface area contributed by atoms with Crippen molar-refractivity contribution in [3.63, 3.8) is 0 Å². The number of benzene rings is 11. The van der Waals surface area contributed by atoms with Crippen molar-refractivity contribution in [3.8, 4) is 61.7 Å². The Bertz CT molecular complexity index is 4320. The van der Waals surface area contributed by atoms with Crippen molar-refractivity contribution in [1.82, 2.24) is 4.57 Å². The van der Waals surface area contributed by atoms with Gasteiger partial charge in [-0.3, -0.25) is 0 Å². The summed E-state index contributed by atoms with van der Waals surface area (Å²) in [5.41, 5.74) is 23.8. The van der Waals surface area contributed by atoms with E-state index >= 15 is 0 Å². The molecule has 0 radical (unpaired) electrons. The molecule has 4 heteroatoms. The highest BCUT2D eigenvalue weighted by molar-refractivity contribution is 7.99. The van der Waals surface area contributed by atoms with Crippen LogP contribution in [0.3, 0.4) is 0 Å². The second-order valence-electron chi connectivity index (χ2n) is 20.7. The Kier molecular flexibility index (Phi) is 8.66. The van der Waals surface area contributed by atoms with Gasteiger partial charge in [-0.2, -0.15) is 0 Å². The molecule has 2 heterocycles. The zero-order chi connectivity index (χ0) is 48.9. The highest BCUT2D eigenvalue weighted by Gasteiger charge is 2.53. The van der Waals surface area contributed by atoms with Crippen LogP contribution in [-0.2, 0) is 10.8 Å². The monoisotopic (exact) mass is 962 g/mol. The van der Waals surface area contributed by atoms with Crippen molar-refractivity contribution < 1.29 is 4.74 Å². The van der Waals surface area contributed by atoms with E-state index in [0.717, 1.165) is 44.0 Å². The third-order valence-electron chi connectivity index (χ3n) is 16.7. The van der Waals surface area contributed by atoms with Gasteiger partial charge in [-0.25, -0.2) is 0 Å². The average Bonchev–Trinajstić information content (AvgIpc) is 4.24. The van der Waals surface area contributed by atoms with Crippen LogP contribution >= 0.6 is 11.8 Å². The van der Waals surface area contributed by atoms with E-state index in [2.05, 4.69) is 266 Å². The molecule has 348 valence electrons. The summed E-state index contributed by atoms with van der Waals surface area (Å²) in [5.74, 6) is 1.79. The molecule has 3 aliphatic carbocycles. The van der Waals surface area contributed by atoms with Gasteiger partial charge < -0.3 is 14.2 Å². The lowest BCUT2D eigenvalue weighted by atomic mass is 9.70. The average molecular weight is 963 g/mol. The first-order valence-corrected chi connectivity index (χ1v) is 26.5. The lowest BCUT2D eigenvalue weighted by molar-refractivity contribution is 0.454. The van der Waals surface area contributed by atoms with Crippen LogP contribution in [0.2, 0.25) is 0 Å². The van der Waals surface area contributed by atoms with Gasteiger partial charge in [-0.1, -0.05) is 195 Å². The zero-order valence-corrected chi connectivity index (χ0v) is 41.6. The van der Waals surface area contributed by atoms with Crippen LogP contribution < -0.4 is 9.64 Å². The number of para-hydroxylation sites is 4. The van der Waals surface area contributed by atoms with E-state index in [1.165, 1.54) is 99.7 Å². The predicted octanol–water partition coefficient (Wildman–Crippen LogP) is 18.8. The van der Waals surface area contributed by atoms with Crippen LogP contribution in [0.15, 0.2) is 252 Å². The maximum atomic E-state index is 6.83. The van der Waals surface area contributed by atoms with Crippen molar-refractivity contribution in [1.29, 1.82) is 0 Å². The number of aromatic nitrogens is 1. The van der Waals surface area contributed by atoms with E-state index in [1.807, 2.05) is 11.8 Å². The van der Waals surface area contributed by atoms with Crippen LogP contribution in [0.1, 0.15) is 47.2 Å². The van der Waals surface area contributed by atoms with Crippen LogP contribution in [-0.4, -0.2) is 4.57 Å². The number of nitrogens with zero attached hydrogens (tertiary/aromatic N) is 2. The van der Waals surface area contributed by atoms with Gasteiger partial charge >= 0.3 is 0 Å². The van der Waals surface area contributed by atoms with Gasteiger partial charge in [-0.15, -0.1) is 0 Å². The minimum absolute atomic E-state index is 0.182. The summed E-state index contributed by atoms with van der Waals surface area (Å²) in [7, 11) is 0. The first kappa shape index (κ1) is 41.8. The van der Waals surface area contributed by atoms with E-state index in [4.69, 9.17) is 4.74 Å². The van der Waals surface area contributed by atoms with Crippen molar-refractivity contribution in [2.24, 2.45) is 0 Å². The van der Waals surface area contributed by atoms with E-state index in [0.29, 0.717) is 0 Å². The normalized spacial score (nSPS) is 15.6. The third kappa shape index (κ3) is 5.58. The van der Waals surface area contributed by atoms with E-state index in [9.17, 15) is 0 Å². The minimum Gasteiger partial charge on any atom is -0.455 e. The van der Waals surface area contributed by atoms with Crippen molar-refractivity contribution in [3.05, 3.63) is 276 Å². The predicted molar refractivity (Wildman–Crippen MR) is 305 cm³/mol. The van der Waals surface area contributed by atoms with Crippen molar-refractivity contribution in [2.45, 2.75) is 34.5 Å². The van der Waals surface area contributed by atoms with Gasteiger partial charge in [0.05, 0.1) is 31.9 Å². The van der Waals surface area contributed by atoms with Crippen LogP contribution in [0.4, 0.5) is 17.1 Å². The molecular formula is C70H46N2OS. The first-order chi connectivity index (χ1) is 36.5. The molecule has 0 saturated carbocycles. The summed E-state index contributed by atoms with van der Waals surface area (Å²) < 4.78 is 9.31. The molecule has 1 unspecified atom stereocenters. The summed E-state index contributed by atoms with van der Waals surface area (Å²) in [6.07, 6.45) is 0. The van der Waals surface area contributed by atoms with E-state index in [1.54, 1.807) is 0 Å². The fourth-order valence-electron chi connectivity index (χ4n) is 13.5. The van der Waals surface area contributed by atoms with E-state index < -0.39 is 5.41 Å². The number of hydrogen-bond acceptors (Lipinski definition) is 3. The molecule has 0 bridgehead atoms. The lowest BCUT2D eigenvalue weighted by Crippen LogP contribution is -2.26.